The van der Waals surface area contributed by atoms with E-state index >= 15 is 0 Å². The Labute approximate surface area is 143 Å². The molecule has 0 unspecified atom stereocenters. The molecule has 0 radical (unpaired) electrons. The Kier molecular flexibility index (Phi) is 6.77. The van der Waals surface area contributed by atoms with Gasteiger partial charge in [-0.25, -0.2) is 9.97 Å². The zero-order chi connectivity index (χ0) is 16.6. The average Bonchev–Trinajstić information content (AvgIpc) is 2.64. The molecule has 0 aliphatic carbocycles. The summed E-state index contributed by atoms with van der Waals surface area (Å²) in [5.74, 6) is 2.38. The summed E-state index contributed by atoms with van der Waals surface area (Å²) in [7, 11) is 1.70. The summed E-state index contributed by atoms with van der Waals surface area (Å²) in [6.45, 7) is 6.61. The topological polar surface area (TPSA) is 68.7 Å². The summed E-state index contributed by atoms with van der Waals surface area (Å²) >= 11 is 0. The second kappa shape index (κ2) is 9.27. The lowest BCUT2D eigenvalue weighted by Crippen LogP contribution is -2.43. The number of nitrogens with zero attached hydrogens (tertiary/aromatic N) is 3. The van der Waals surface area contributed by atoms with Gasteiger partial charge < -0.3 is 19.5 Å². The van der Waals surface area contributed by atoms with Crippen LogP contribution in [-0.4, -0.2) is 74.6 Å². The quantitative estimate of drug-likeness (QED) is 0.754. The molecule has 7 heteroatoms. The van der Waals surface area contributed by atoms with Gasteiger partial charge in [-0.1, -0.05) is 0 Å². The van der Waals surface area contributed by atoms with Crippen molar-refractivity contribution in [2.24, 2.45) is 5.92 Å². The van der Waals surface area contributed by atoms with Crippen LogP contribution < -0.4 is 5.32 Å². The van der Waals surface area contributed by atoms with E-state index < -0.39 is 0 Å². The molecule has 24 heavy (non-hydrogen) atoms. The van der Waals surface area contributed by atoms with Gasteiger partial charge in [0.1, 0.15) is 11.6 Å². The van der Waals surface area contributed by atoms with Crippen LogP contribution in [0.2, 0.25) is 0 Å². The maximum atomic E-state index is 5.71. The molecule has 0 aromatic carbocycles. The number of hydrogen-bond acceptors (Lipinski definition) is 7. The van der Waals surface area contributed by atoms with Gasteiger partial charge in [0.25, 0.3) is 0 Å². The molecular formula is C17H28N4O3. The Bertz CT molecular complexity index is 496. The van der Waals surface area contributed by atoms with Crippen molar-refractivity contribution in [3.8, 4) is 0 Å². The lowest BCUT2D eigenvalue weighted by Gasteiger charge is -2.37. The predicted octanol–water partition coefficient (Wildman–Crippen LogP) is 1.33. The third kappa shape index (κ3) is 4.86. The lowest BCUT2D eigenvalue weighted by molar-refractivity contribution is -0.0295. The Morgan fingerprint density at radius 2 is 2.17 bits per heavy atom. The Balaban J connectivity index is 1.64. The number of rotatable bonds is 7. The fourth-order valence-corrected chi connectivity index (χ4v) is 3.27. The standard InChI is InChI=1S/C17H28N4O3/c1-22-10-6-18-16-2-5-19-17(20-16)15-13-24-11-7-21(15)12-14-3-8-23-9-4-14/h2,5,14-15H,3-4,6-13H2,1H3,(H,18,19,20)/t15-/m0/s1. The molecule has 0 spiro atoms. The Hall–Kier alpha value is -1.28. The first-order valence-corrected chi connectivity index (χ1v) is 8.82. The number of morpholine rings is 1. The van der Waals surface area contributed by atoms with Crippen molar-refractivity contribution in [3.63, 3.8) is 0 Å². The fourth-order valence-electron chi connectivity index (χ4n) is 3.27. The normalized spacial score (nSPS) is 23.3. The van der Waals surface area contributed by atoms with Crippen LogP contribution in [0.15, 0.2) is 12.3 Å². The largest absolute Gasteiger partial charge is 0.383 e. The number of aromatic nitrogens is 2. The van der Waals surface area contributed by atoms with E-state index in [2.05, 4.69) is 20.2 Å². The second-order valence-corrected chi connectivity index (χ2v) is 6.36. The van der Waals surface area contributed by atoms with Crippen LogP contribution in [0.5, 0.6) is 0 Å². The van der Waals surface area contributed by atoms with E-state index in [-0.39, 0.29) is 6.04 Å². The van der Waals surface area contributed by atoms with Crippen LogP contribution in [0.4, 0.5) is 5.82 Å². The molecule has 0 bridgehead atoms. The van der Waals surface area contributed by atoms with Crippen molar-refractivity contribution >= 4 is 5.82 Å². The smallest absolute Gasteiger partial charge is 0.150 e. The predicted molar refractivity (Wildman–Crippen MR) is 91.1 cm³/mol. The first-order valence-electron chi connectivity index (χ1n) is 8.82. The van der Waals surface area contributed by atoms with Crippen molar-refractivity contribution in [2.45, 2.75) is 18.9 Å². The van der Waals surface area contributed by atoms with Crippen molar-refractivity contribution in [1.82, 2.24) is 14.9 Å². The van der Waals surface area contributed by atoms with E-state index in [1.54, 1.807) is 7.11 Å². The van der Waals surface area contributed by atoms with Gasteiger partial charge in [-0.05, 0) is 24.8 Å². The molecule has 0 amide bonds. The zero-order valence-electron chi connectivity index (χ0n) is 14.4. The Morgan fingerprint density at radius 1 is 1.29 bits per heavy atom. The number of anilines is 1. The molecule has 0 saturated carbocycles. The van der Waals surface area contributed by atoms with Crippen molar-refractivity contribution in [1.29, 1.82) is 0 Å². The van der Waals surface area contributed by atoms with Gasteiger partial charge in [0, 0.05) is 46.2 Å². The van der Waals surface area contributed by atoms with Crippen LogP contribution in [-0.2, 0) is 14.2 Å². The third-order valence-corrected chi connectivity index (χ3v) is 4.66. The molecule has 1 aromatic rings. The monoisotopic (exact) mass is 336 g/mol. The van der Waals surface area contributed by atoms with Gasteiger partial charge in [-0.15, -0.1) is 0 Å². The van der Waals surface area contributed by atoms with E-state index in [0.29, 0.717) is 19.1 Å². The van der Waals surface area contributed by atoms with E-state index in [1.165, 1.54) is 0 Å². The molecule has 1 N–H and O–H groups in total. The maximum Gasteiger partial charge on any atom is 0.150 e. The molecule has 3 rings (SSSR count). The van der Waals surface area contributed by atoms with Gasteiger partial charge in [0.15, 0.2) is 0 Å². The van der Waals surface area contributed by atoms with Crippen LogP contribution in [0.3, 0.4) is 0 Å². The molecule has 1 aromatic heterocycles. The highest BCUT2D eigenvalue weighted by Crippen LogP contribution is 2.26. The van der Waals surface area contributed by atoms with Crippen molar-refractivity contribution in [3.05, 3.63) is 18.1 Å². The first-order chi connectivity index (χ1) is 11.9. The minimum absolute atomic E-state index is 0.130. The molecular weight excluding hydrogens is 308 g/mol. The van der Waals surface area contributed by atoms with Crippen LogP contribution >= 0.6 is 0 Å². The highest BCUT2D eigenvalue weighted by Gasteiger charge is 2.29. The molecule has 2 aliphatic heterocycles. The SMILES string of the molecule is COCCNc1ccnc([C@@H]2COCCN2CC2CCOCC2)n1. The molecule has 2 fully saturated rings. The summed E-state index contributed by atoms with van der Waals surface area (Å²) in [5.41, 5.74) is 0. The molecule has 2 aliphatic rings. The third-order valence-electron chi connectivity index (χ3n) is 4.66. The van der Waals surface area contributed by atoms with Crippen LogP contribution in [0.1, 0.15) is 24.7 Å². The zero-order valence-corrected chi connectivity index (χ0v) is 14.4. The van der Waals surface area contributed by atoms with Gasteiger partial charge in [0.2, 0.25) is 0 Å². The summed E-state index contributed by atoms with van der Waals surface area (Å²) in [6.07, 6.45) is 4.10. The maximum absolute atomic E-state index is 5.71. The van der Waals surface area contributed by atoms with E-state index in [9.17, 15) is 0 Å². The highest BCUT2D eigenvalue weighted by molar-refractivity contribution is 5.33. The molecule has 134 valence electrons. The van der Waals surface area contributed by atoms with Gasteiger partial charge >= 0.3 is 0 Å². The fraction of sp³-hybridized carbons (Fsp3) is 0.765. The molecule has 2 saturated heterocycles. The number of hydrogen-bond donors (Lipinski definition) is 1. The number of nitrogens with one attached hydrogen (secondary N) is 1. The summed E-state index contributed by atoms with van der Waals surface area (Å²) < 4.78 is 16.3. The number of ether oxygens (including phenoxy) is 3. The summed E-state index contributed by atoms with van der Waals surface area (Å²) in [6, 6.07) is 2.02. The average molecular weight is 336 g/mol. The molecule has 1 atom stereocenters. The summed E-state index contributed by atoms with van der Waals surface area (Å²) in [5, 5.41) is 3.27. The van der Waals surface area contributed by atoms with E-state index in [0.717, 1.165) is 63.9 Å². The Morgan fingerprint density at radius 3 is 3.00 bits per heavy atom. The first kappa shape index (κ1) is 17.5. The number of methoxy groups -OCH3 is 1. The van der Waals surface area contributed by atoms with Crippen LogP contribution in [0, 0.1) is 5.92 Å². The summed E-state index contributed by atoms with van der Waals surface area (Å²) in [4.78, 5) is 11.7. The van der Waals surface area contributed by atoms with E-state index in [1.807, 2.05) is 12.3 Å². The highest BCUT2D eigenvalue weighted by atomic mass is 16.5. The van der Waals surface area contributed by atoms with Gasteiger partial charge in [0.05, 0.1) is 25.9 Å². The minimum Gasteiger partial charge on any atom is -0.383 e. The van der Waals surface area contributed by atoms with Gasteiger partial charge in [-0.3, -0.25) is 4.90 Å². The minimum atomic E-state index is 0.130. The van der Waals surface area contributed by atoms with Crippen molar-refractivity contribution < 1.29 is 14.2 Å². The lowest BCUT2D eigenvalue weighted by atomic mass is 9.98. The second-order valence-electron chi connectivity index (χ2n) is 6.36. The van der Waals surface area contributed by atoms with E-state index in [4.69, 9.17) is 14.2 Å². The van der Waals surface area contributed by atoms with Crippen molar-refractivity contribution in [2.75, 3.05) is 65.1 Å². The van der Waals surface area contributed by atoms with Gasteiger partial charge in [-0.2, -0.15) is 0 Å². The molecule has 7 nitrogen and oxygen atoms in total. The van der Waals surface area contributed by atoms with Crippen LogP contribution in [0.25, 0.3) is 0 Å². The molecule has 3 heterocycles.